The van der Waals surface area contributed by atoms with E-state index in [1.807, 2.05) is 0 Å². The van der Waals surface area contributed by atoms with Crippen molar-refractivity contribution in [2.24, 2.45) is 0 Å². The Morgan fingerprint density at radius 2 is 0.653 bits per heavy atom. The predicted octanol–water partition coefficient (Wildman–Crippen LogP) is 16.8. The van der Waals surface area contributed by atoms with E-state index < -0.39 is 0 Å². The first-order chi connectivity index (χ1) is 24.2. The van der Waals surface area contributed by atoms with Gasteiger partial charge >= 0.3 is 0 Å². The molecule has 2 atom stereocenters. The number of hydrogen-bond acceptors (Lipinski definition) is 0. The molecule has 1 N–H and O–H groups in total. The van der Waals surface area contributed by atoms with Crippen LogP contribution in [-0.4, -0.2) is 4.98 Å². The number of H-pyrrole nitrogens is 1. The topological polar surface area (TPSA) is 19.7 Å². The lowest BCUT2D eigenvalue weighted by molar-refractivity contribution is -0.727. The summed E-state index contributed by atoms with van der Waals surface area (Å²) in [6.45, 7) is 9.44. The summed E-state index contributed by atoms with van der Waals surface area (Å²) >= 11 is 0. The number of nitrogens with one attached hydrogen (secondary N) is 1. The monoisotopic (exact) mass is 686 g/mol. The van der Waals surface area contributed by atoms with Crippen molar-refractivity contribution >= 4 is 0 Å². The molecule has 2 heteroatoms. The Hall–Kier alpha value is -0.790. The third-order valence-electron chi connectivity index (χ3n) is 11.6. The summed E-state index contributed by atoms with van der Waals surface area (Å²) in [5, 5.41) is 0. The van der Waals surface area contributed by atoms with Crippen LogP contribution >= 0.6 is 0 Å². The van der Waals surface area contributed by atoms with E-state index in [2.05, 4.69) is 49.6 Å². The summed E-state index contributed by atoms with van der Waals surface area (Å²) < 4.78 is 2.65. The molecule has 2 nitrogen and oxygen atoms in total. The molecule has 1 rings (SSSR count). The molecule has 2 unspecified atom stereocenters. The summed E-state index contributed by atoms with van der Waals surface area (Å²) in [5.74, 6) is 2.25. The van der Waals surface area contributed by atoms with E-state index in [4.69, 9.17) is 0 Å². The quantitative estimate of drug-likeness (QED) is 0.0524. The molecule has 0 fully saturated rings. The average Bonchev–Trinajstić information content (AvgIpc) is 3.60. The minimum absolute atomic E-state index is 0.617. The molecule has 0 aliphatic carbocycles. The van der Waals surface area contributed by atoms with Gasteiger partial charge in [-0.05, 0) is 32.6 Å². The van der Waals surface area contributed by atoms with E-state index >= 15 is 0 Å². The fourth-order valence-electron chi connectivity index (χ4n) is 8.20. The first-order valence-electron chi connectivity index (χ1n) is 23.3. The van der Waals surface area contributed by atoms with Gasteiger partial charge in [0.25, 0.3) is 5.82 Å². The Morgan fingerprint density at radius 3 is 0.959 bits per heavy atom. The van der Waals surface area contributed by atoms with Crippen LogP contribution in [0.1, 0.15) is 289 Å². The number of hydrogen-bond donors (Lipinski definition) is 1. The zero-order valence-corrected chi connectivity index (χ0v) is 34.6. The van der Waals surface area contributed by atoms with Gasteiger partial charge in [0.1, 0.15) is 12.4 Å². The van der Waals surface area contributed by atoms with Crippen molar-refractivity contribution < 1.29 is 4.57 Å². The highest BCUT2D eigenvalue weighted by Crippen LogP contribution is 2.28. The minimum Gasteiger partial charge on any atom is -0.247 e. The van der Waals surface area contributed by atoms with Crippen molar-refractivity contribution in [2.45, 2.75) is 284 Å². The Balaban J connectivity index is 2.38. The lowest BCUT2D eigenvalue weighted by Gasteiger charge is -2.17. The second-order valence-electron chi connectivity index (χ2n) is 16.5. The molecular weight excluding hydrogens is 593 g/mol. The van der Waals surface area contributed by atoms with Crippen LogP contribution in [0.25, 0.3) is 0 Å². The fraction of sp³-hybridized carbons (Fsp3) is 0.936. The van der Waals surface area contributed by atoms with Gasteiger partial charge in [-0.1, -0.05) is 239 Å². The summed E-state index contributed by atoms with van der Waals surface area (Å²) in [7, 11) is 0. The zero-order valence-electron chi connectivity index (χ0n) is 34.6. The summed E-state index contributed by atoms with van der Waals surface area (Å²) in [5.41, 5.74) is 0. The fourth-order valence-corrected chi connectivity index (χ4v) is 8.20. The van der Waals surface area contributed by atoms with Gasteiger partial charge in [-0.15, -0.1) is 0 Å². The highest BCUT2D eigenvalue weighted by Gasteiger charge is 2.25. The molecule has 0 saturated heterocycles. The van der Waals surface area contributed by atoms with Gasteiger partial charge in [0.2, 0.25) is 0 Å². The molecule has 0 radical (unpaired) electrons. The first kappa shape index (κ1) is 46.2. The zero-order chi connectivity index (χ0) is 35.3. The lowest BCUT2D eigenvalue weighted by atomic mass is 9.92. The highest BCUT2D eigenvalue weighted by molar-refractivity contribution is 4.90. The number of unbranched alkanes of at least 4 members (excludes halogenated alkanes) is 32. The molecule has 49 heavy (non-hydrogen) atoms. The number of nitrogens with zero attached hydrogens (tertiary/aromatic N) is 1. The van der Waals surface area contributed by atoms with Crippen LogP contribution in [0.3, 0.4) is 0 Å². The van der Waals surface area contributed by atoms with Gasteiger partial charge in [0.15, 0.2) is 0 Å². The molecule has 1 aromatic rings. The molecule has 0 bridgehead atoms. The molecule has 0 aliphatic rings. The van der Waals surface area contributed by atoms with Gasteiger partial charge in [-0.3, -0.25) is 0 Å². The highest BCUT2D eigenvalue weighted by atomic mass is 15.1. The molecule has 1 heterocycles. The predicted molar refractivity (Wildman–Crippen MR) is 221 cm³/mol. The van der Waals surface area contributed by atoms with Gasteiger partial charge in [-0.25, -0.2) is 9.55 Å². The standard InChI is InChI=1S/C47H92N2/c1-5-8-11-14-17-20-23-25-27-30-33-36-39-42-46(41-38-35-32-29-22-19-16-13-10-7-3)47-48-43-44-49(47)45(4)40-37-34-31-28-26-24-21-18-15-12-9-6-2/h43-46H,5-42H2,1-4H3/p+1. The van der Waals surface area contributed by atoms with Crippen molar-refractivity contribution in [3.8, 4) is 0 Å². The number of aromatic amines is 1. The van der Waals surface area contributed by atoms with Crippen molar-refractivity contribution in [2.75, 3.05) is 0 Å². The maximum absolute atomic E-state index is 3.78. The molecule has 0 saturated carbocycles. The molecule has 1 aromatic heterocycles. The molecule has 0 aromatic carbocycles. The molecule has 0 aliphatic heterocycles. The molecular formula is C47H93N2+. The Morgan fingerprint density at radius 1 is 0.388 bits per heavy atom. The van der Waals surface area contributed by atoms with Gasteiger partial charge in [0.05, 0.1) is 12.0 Å². The van der Waals surface area contributed by atoms with E-state index in [9.17, 15) is 0 Å². The van der Waals surface area contributed by atoms with Gasteiger partial charge in [-0.2, -0.15) is 0 Å². The summed E-state index contributed by atoms with van der Waals surface area (Å²) in [6, 6.07) is 0.617. The van der Waals surface area contributed by atoms with Crippen LogP contribution in [0.15, 0.2) is 12.4 Å². The summed E-state index contributed by atoms with van der Waals surface area (Å²) in [6.07, 6.45) is 59.1. The normalized spacial score (nSPS) is 13.0. The van der Waals surface area contributed by atoms with Crippen molar-refractivity contribution in [1.82, 2.24) is 4.98 Å². The van der Waals surface area contributed by atoms with Crippen LogP contribution in [0, 0.1) is 0 Å². The minimum atomic E-state index is 0.617. The Labute approximate surface area is 310 Å². The van der Waals surface area contributed by atoms with Crippen molar-refractivity contribution in [1.29, 1.82) is 0 Å². The number of aromatic nitrogens is 2. The van der Waals surface area contributed by atoms with Crippen LogP contribution in [-0.2, 0) is 0 Å². The van der Waals surface area contributed by atoms with Gasteiger partial charge in [0, 0.05) is 0 Å². The SMILES string of the molecule is CCCCCCCCCCCCCCCC(CCCCCCCCCCCC)c1[nH]cc[n+]1C(C)CCCCCCCCCCCCCC. The second kappa shape index (κ2) is 37.0. The Kier molecular flexibility index (Phi) is 34.9. The van der Waals surface area contributed by atoms with E-state index in [1.165, 1.54) is 244 Å². The first-order valence-corrected chi connectivity index (χ1v) is 23.3. The average molecular weight is 686 g/mol. The van der Waals surface area contributed by atoms with Crippen LogP contribution in [0.2, 0.25) is 0 Å². The van der Waals surface area contributed by atoms with Crippen molar-refractivity contribution in [3.63, 3.8) is 0 Å². The molecule has 290 valence electrons. The largest absolute Gasteiger partial charge is 0.257 e. The third-order valence-corrected chi connectivity index (χ3v) is 11.6. The van der Waals surface area contributed by atoms with Crippen LogP contribution < -0.4 is 4.57 Å². The van der Waals surface area contributed by atoms with Crippen LogP contribution in [0.4, 0.5) is 0 Å². The Bertz CT molecular complexity index is 753. The van der Waals surface area contributed by atoms with E-state index in [1.54, 1.807) is 5.82 Å². The van der Waals surface area contributed by atoms with E-state index in [0.29, 0.717) is 12.0 Å². The summed E-state index contributed by atoms with van der Waals surface area (Å²) in [4.78, 5) is 3.78. The van der Waals surface area contributed by atoms with Gasteiger partial charge < -0.3 is 0 Å². The third kappa shape index (κ3) is 28.5. The van der Waals surface area contributed by atoms with E-state index in [0.717, 1.165) is 0 Å². The maximum Gasteiger partial charge on any atom is 0.257 e. The van der Waals surface area contributed by atoms with Crippen LogP contribution in [0.5, 0.6) is 0 Å². The number of imidazole rings is 1. The molecule has 0 spiro atoms. The second-order valence-corrected chi connectivity index (χ2v) is 16.5. The molecule has 0 amide bonds. The smallest absolute Gasteiger partial charge is 0.247 e. The maximum atomic E-state index is 3.78. The van der Waals surface area contributed by atoms with E-state index in [-0.39, 0.29) is 0 Å². The lowest BCUT2D eigenvalue weighted by Crippen LogP contribution is -2.41. The number of rotatable bonds is 40. The van der Waals surface area contributed by atoms with Crippen molar-refractivity contribution in [3.05, 3.63) is 18.2 Å².